The van der Waals surface area contributed by atoms with Crippen molar-refractivity contribution < 1.29 is 9.59 Å². The second-order valence-corrected chi connectivity index (χ2v) is 4.17. The van der Waals surface area contributed by atoms with Gasteiger partial charge in [0.2, 0.25) is 5.28 Å². The van der Waals surface area contributed by atoms with Gasteiger partial charge >= 0.3 is 0 Å². The molecule has 0 aliphatic heterocycles. The molecule has 0 saturated heterocycles. The number of nitrogens with two attached hydrogens (primary N) is 1. The molecule has 1 fully saturated rings. The normalized spacial score (nSPS) is 19.4. The van der Waals surface area contributed by atoms with Gasteiger partial charge in [-0.3, -0.25) is 9.59 Å². The zero-order valence-corrected chi connectivity index (χ0v) is 9.70. The van der Waals surface area contributed by atoms with Gasteiger partial charge in [0.1, 0.15) is 11.5 Å². The van der Waals surface area contributed by atoms with E-state index in [1.165, 1.54) is 6.07 Å². The van der Waals surface area contributed by atoms with E-state index >= 15 is 0 Å². The fraction of sp³-hybridized carbons (Fsp3) is 0.400. The van der Waals surface area contributed by atoms with Crippen LogP contribution in [-0.4, -0.2) is 27.7 Å². The van der Waals surface area contributed by atoms with Crippen LogP contribution < -0.4 is 11.1 Å². The number of hydrogen-bond acceptors (Lipinski definition) is 5. The van der Waals surface area contributed by atoms with Crippen molar-refractivity contribution in [3.05, 3.63) is 17.0 Å². The summed E-state index contributed by atoms with van der Waals surface area (Å²) < 4.78 is 0. The standard InChI is InChI=1S/C10H11ClN4O2/c11-10-14-6(9(12)17)4-8(15-10)13-5-2-1-3-7(5)16/h4-5H,1-3H2,(H2,12,17)(H,13,14,15). The van der Waals surface area contributed by atoms with Crippen molar-refractivity contribution in [2.75, 3.05) is 5.32 Å². The summed E-state index contributed by atoms with van der Waals surface area (Å²) in [5.74, 6) is -0.200. The molecule has 0 spiro atoms. The number of hydrogen-bond donors (Lipinski definition) is 2. The van der Waals surface area contributed by atoms with Crippen molar-refractivity contribution in [2.45, 2.75) is 25.3 Å². The predicted octanol–water partition coefficient (Wildman–Crippen LogP) is 0.762. The molecular formula is C10H11ClN4O2. The quantitative estimate of drug-likeness (QED) is 0.776. The Bertz CT molecular complexity index is 477. The summed E-state index contributed by atoms with van der Waals surface area (Å²) in [5.41, 5.74) is 5.13. The first-order valence-corrected chi connectivity index (χ1v) is 5.57. The highest BCUT2D eigenvalue weighted by Gasteiger charge is 2.24. The van der Waals surface area contributed by atoms with E-state index in [9.17, 15) is 9.59 Å². The van der Waals surface area contributed by atoms with Crippen LogP contribution in [-0.2, 0) is 4.79 Å². The number of amides is 1. The number of aromatic nitrogens is 2. The van der Waals surface area contributed by atoms with E-state index in [0.717, 1.165) is 12.8 Å². The third kappa shape index (κ3) is 2.71. The predicted molar refractivity (Wildman–Crippen MR) is 61.8 cm³/mol. The number of nitrogens with one attached hydrogen (secondary N) is 1. The number of carbonyl (C=O) groups is 2. The molecule has 3 N–H and O–H groups in total. The molecule has 1 atom stereocenters. The van der Waals surface area contributed by atoms with Crippen molar-refractivity contribution in [2.24, 2.45) is 5.73 Å². The first-order chi connectivity index (χ1) is 8.06. The number of primary amides is 1. The van der Waals surface area contributed by atoms with E-state index in [-0.39, 0.29) is 22.8 Å². The van der Waals surface area contributed by atoms with Crippen molar-refractivity contribution in [1.29, 1.82) is 0 Å². The summed E-state index contributed by atoms with van der Waals surface area (Å²) >= 11 is 5.66. The zero-order valence-electron chi connectivity index (χ0n) is 8.94. The van der Waals surface area contributed by atoms with Gasteiger partial charge in [-0.25, -0.2) is 9.97 Å². The summed E-state index contributed by atoms with van der Waals surface area (Å²) in [6, 6.07) is 1.13. The van der Waals surface area contributed by atoms with E-state index in [0.29, 0.717) is 12.2 Å². The number of halogens is 1. The summed E-state index contributed by atoms with van der Waals surface area (Å²) in [4.78, 5) is 30.0. The van der Waals surface area contributed by atoms with Crippen LogP contribution in [0.25, 0.3) is 0 Å². The molecule has 6 nitrogen and oxygen atoms in total. The van der Waals surface area contributed by atoms with Gasteiger partial charge < -0.3 is 11.1 Å². The lowest BCUT2D eigenvalue weighted by Gasteiger charge is -2.11. The Kier molecular flexibility index (Phi) is 3.23. The van der Waals surface area contributed by atoms with Gasteiger partial charge in [0.05, 0.1) is 6.04 Å². The van der Waals surface area contributed by atoms with Crippen molar-refractivity contribution in [3.8, 4) is 0 Å². The number of Topliss-reactive ketones (excluding diaryl/α,β-unsaturated/α-hetero) is 1. The molecule has 0 radical (unpaired) electrons. The van der Waals surface area contributed by atoms with Gasteiger partial charge in [-0.2, -0.15) is 0 Å². The van der Waals surface area contributed by atoms with Gasteiger partial charge in [0.25, 0.3) is 5.91 Å². The third-order valence-corrected chi connectivity index (χ3v) is 2.75. The van der Waals surface area contributed by atoms with E-state index in [1.807, 2.05) is 0 Å². The van der Waals surface area contributed by atoms with Crippen LogP contribution in [0.2, 0.25) is 5.28 Å². The Morgan fingerprint density at radius 2 is 2.29 bits per heavy atom. The lowest BCUT2D eigenvalue weighted by Crippen LogP contribution is -2.25. The molecule has 1 heterocycles. The average Bonchev–Trinajstić information content (AvgIpc) is 2.63. The Morgan fingerprint density at radius 1 is 1.53 bits per heavy atom. The van der Waals surface area contributed by atoms with E-state index < -0.39 is 5.91 Å². The fourth-order valence-electron chi connectivity index (χ4n) is 1.76. The average molecular weight is 255 g/mol. The number of nitrogens with zero attached hydrogens (tertiary/aromatic N) is 2. The van der Waals surface area contributed by atoms with Crippen molar-refractivity contribution in [1.82, 2.24) is 9.97 Å². The Hall–Kier alpha value is -1.69. The molecule has 1 amide bonds. The van der Waals surface area contributed by atoms with Crippen LogP contribution in [0.3, 0.4) is 0 Å². The number of ketones is 1. The topological polar surface area (TPSA) is 98.0 Å². The molecule has 1 aliphatic rings. The maximum Gasteiger partial charge on any atom is 0.267 e. The molecule has 1 saturated carbocycles. The number of rotatable bonds is 3. The maximum absolute atomic E-state index is 11.5. The number of carbonyl (C=O) groups excluding carboxylic acids is 2. The zero-order chi connectivity index (χ0) is 12.4. The largest absolute Gasteiger partial charge is 0.364 e. The van der Waals surface area contributed by atoms with Crippen molar-refractivity contribution >= 4 is 29.1 Å². The molecular weight excluding hydrogens is 244 g/mol. The molecule has 7 heteroatoms. The van der Waals surface area contributed by atoms with Crippen LogP contribution in [0, 0.1) is 0 Å². The Labute approximate surface area is 103 Å². The van der Waals surface area contributed by atoms with E-state index in [4.69, 9.17) is 17.3 Å². The van der Waals surface area contributed by atoms with Gasteiger partial charge in [0.15, 0.2) is 5.78 Å². The highest BCUT2D eigenvalue weighted by atomic mass is 35.5. The monoisotopic (exact) mass is 254 g/mol. The fourth-order valence-corrected chi connectivity index (χ4v) is 1.95. The van der Waals surface area contributed by atoms with Crippen LogP contribution in [0.4, 0.5) is 5.82 Å². The molecule has 2 rings (SSSR count). The molecule has 17 heavy (non-hydrogen) atoms. The van der Waals surface area contributed by atoms with Crippen LogP contribution in [0.1, 0.15) is 29.8 Å². The molecule has 1 unspecified atom stereocenters. The lowest BCUT2D eigenvalue weighted by atomic mass is 10.2. The first-order valence-electron chi connectivity index (χ1n) is 5.20. The summed E-state index contributed by atoms with van der Waals surface area (Å²) in [7, 11) is 0. The van der Waals surface area contributed by atoms with E-state index in [1.54, 1.807) is 0 Å². The van der Waals surface area contributed by atoms with Crippen LogP contribution in [0.5, 0.6) is 0 Å². The molecule has 1 aromatic heterocycles. The minimum Gasteiger partial charge on any atom is -0.364 e. The highest BCUT2D eigenvalue weighted by molar-refractivity contribution is 6.28. The second-order valence-electron chi connectivity index (χ2n) is 3.83. The van der Waals surface area contributed by atoms with E-state index in [2.05, 4.69) is 15.3 Å². The van der Waals surface area contributed by atoms with Gasteiger partial charge in [-0.15, -0.1) is 0 Å². The van der Waals surface area contributed by atoms with Gasteiger partial charge in [0, 0.05) is 12.5 Å². The smallest absolute Gasteiger partial charge is 0.267 e. The van der Waals surface area contributed by atoms with Gasteiger partial charge in [-0.05, 0) is 24.4 Å². The summed E-state index contributed by atoms with van der Waals surface area (Å²) in [6.07, 6.45) is 2.18. The van der Waals surface area contributed by atoms with Crippen LogP contribution in [0.15, 0.2) is 6.07 Å². The van der Waals surface area contributed by atoms with Gasteiger partial charge in [-0.1, -0.05) is 0 Å². The maximum atomic E-state index is 11.5. The highest BCUT2D eigenvalue weighted by Crippen LogP contribution is 2.19. The summed E-state index contributed by atoms with van der Waals surface area (Å²) in [5, 5.41) is 2.86. The minimum atomic E-state index is -0.685. The van der Waals surface area contributed by atoms with Crippen LogP contribution >= 0.6 is 11.6 Å². The molecule has 1 aliphatic carbocycles. The SMILES string of the molecule is NC(=O)c1cc(NC2CCCC2=O)nc(Cl)n1. The summed E-state index contributed by atoms with van der Waals surface area (Å²) in [6.45, 7) is 0. The molecule has 0 bridgehead atoms. The first kappa shape index (κ1) is 11.8. The molecule has 0 aromatic carbocycles. The third-order valence-electron chi connectivity index (χ3n) is 2.58. The Morgan fingerprint density at radius 3 is 2.88 bits per heavy atom. The minimum absolute atomic E-state index is 0.0259. The second kappa shape index (κ2) is 4.67. The molecule has 90 valence electrons. The van der Waals surface area contributed by atoms with Crippen molar-refractivity contribution in [3.63, 3.8) is 0 Å². The lowest BCUT2D eigenvalue weighted by molar-refractivity contribution is -0.118. The Balaban J connectivity index is 2.20. The number of anilines is 1. The molecule has 1 aromatic rings.